The maximum Gasteiger partial charge on any atom is 0.278 e. The molecule has 0 atom stereocenters. The van der Waals surface area contributed by atoms with Crippen LogP contribution in [-0.4, -0.2) is 44.9 Å². The summed E-state index contributed by atoms with van der Waals surface area (Å²) in [5.41, 5.74) is 1.26. The molecule has 7 nitrogen and oxygen atoms in total. The Kier molecular flexibility index (Phi) is 4.01. The molecule has 0 aliphatic carbocycles. The van der Waals surface area contributed by atoms with Crippen LogP contribution in [0.2, 0.25) is 0 Å². The number of nitrogens with one attached hydrogen (secondary N) is 2. The summed E-state index contributed by atoms with van der Waals surface area (Å²) in [7, 11) is 5.68. The predicted octanol–water partition coefficient (Wildman–Crippen LogP) is 1.22. The molecule has 2 aromatic rings. The fraction of sp³-hybridized carbons (Fsp3) is 0.364. The van der Waals surface area contributed by atoms with Gasteiger partial charge in [0.25, 0.3) is 5.91 Å². The van der Waals surface area contributed by atoms with Gasteiger partial charge in [-0.05, 0) is 30.0 Å². The molecule has 0 spiro atoms. The molecule has 1 amide bonds. The van der Waals surface area contributed by atoms with Crippen LogP contribution >= 0.6 is 15.9 Å². The quantitative estimate of drug-likeness (QED) is 0.885. The maximum absolute atomic E-state index is 12.0. The van der Waals surface area contributed by atoms with Gasteiger partial charge in [0.1, 0.15) is 0 Å². The van der Waals surface area contributed by atoms with Crippen LogP contribution in [0.5, 0.6) is 0 Å². The maximum atomic E-state index is 12.0. The zero-order valence-corrected chi connectivity index (χ0v) is 12.5. The highest BCUT2D eigenvalue weighted by molar-refractivity contribution is 9.10. The Morgan fingerprint density at radius 1 is 1.58 bits per heavy atom. The van der Waals surface area contributed by atoms with Gasteiger partial charge in [0.15, 0.2) is 11.5 Å². The van der Waals surface area contributed by atoms with Crippen molar-refractivity contribution in [1.29, 1.82) is 0 Å². The Labute approximate surface area is 119 Å². The van der Waals surface area contributed by atoms with E-state index in [-0.39, 0.29) is 5.91 Å². The van der Waals surface area contributed by atoms with Crippen molar-refractivity contribution in [3.63, 3.8) is 0 Å². The van der Waals surface area contributed by atoms with Crippen molar-refractivity contribution in [1.82, 2.24) is 24.9 Å². The number of aryl methyl sites for hydroxylation is 1. The number of rotatable bonds is 4. The second-order valence-corrected chi connectivity index (χ2v) is 5.32. The average molecular weight is 327 g/mol. The predicted molar refractivity (Wildman–Crippen MR) is 74.8 cm³/mol. The fourth-order valence-electron chi connectivity index (χ4n) is 1.64. The Bertz CT molecular complexity index is 588. The van der Waals surface area contributed by atoms with E-state index in [9.17, 15) is 4.79 Å². The van der Waals surface area contributed by atoms with Crippen molar-refractivity contribution >= 4 is 27.7 Å². The van der Waals surface area contributed by atoms with Crippen molar-refractivity contribution in [2.45, 2.75) is 6.54 Å². The van der Waals surface area contributed by atoms with E-state index in [4.69, 9.17) is 0 Å². The summed E-state index contributed by atoms with van der Waals surface area (Å²) < 4.78 is 2.22. The van der Waals surface area contributed by atoms with Gasteiger partial charge in [0.2, 0.25) is 0 Å². The molecule has 0 fully saturated rings. The molecule has 2 rings (SSSR count). The van der Waals surface area contributed by atoms with Gasteiger partial charge in [-0.15, -0.1) is 0 Å². The van der Waals surface area contributed by atoms with Gasteiger partial charge in [0.05, 0.1) is 10.2 Å². The Morgan fingerprint density at radius 3 is 2.89 bits per heavy atom. The first-order valence-corrected chi connectivity index (χ1v) is 6.44. The van der Waals surface area contributed by atoms with E-state index in [0.29, 0.717) is 16.0 Å². The number of carbonyl (C=O) groups excluding carboxylic acids is 1. The van der Waals surface area contributed by atoms with Crippen LogP contribution in [0.3, 0.4) is 0 Å². The number of nitrogens with zero attached hydrogens (tertiary/aromatic N) is 4. The number of carbonyl (C=O) groups is 1. The highest BCUT2D eigenvalue weighted by Crippen LogP contribution is 2.16. The zero-order chi connectivity index (χ0) is 14.0. The molecule has 8 heteroatoms. The van der Waals surface area contributed by atoms with Crippen LogP contribution in [0.15, 0.2) is 16.7 Å². The van der Waals surface area contributed by atoms with Crippen molar-refractivity contribution in [2.24, 2.45) is 7.05 Å². The van der Waals surface area contributed by atoms with Crippen LogP contribution in [0.4, 0.5) is 5.82 Å². The monoisotopic (exact) mass is 326 g/mol. The molecule has 2 aromatic heterocycles. The van der Waals surface area contributed by atoms with E-state index in [0.717, 1.165) is 12.2 Å². The molecule has 0 aliphatic rings. The summed E-state index contributed by atoms with van der Waals surface area (Å²) >= 11 is 3.29. The lowest BCUT2D eigenvalue weighted by atomic mass is 10.4. The van der Waals surface area contributed by atoms with Gasteiger partial charge in [-0.3, -0.25) is 14.6 Å². The Hall–Kier alpha value is -1.67. The smallest absolute Gasteiger partial charge is 0.278 e. The SMILES string of the molecule is CN(C)Cc1cc(NC(=O)c2nn(C)cc2Br)n[nH]1. The highest BCUT2D eigenvalue weighted by Gasteiger charge is 2.15. The zero-order valence-electron chi connectivity index (χ0n) is 10.9. The van der Waals surface area contributed by atoms with Crippen LogP contribution in [0, 0.1) is 0 Å². The lowest BCUT2D eigenvalue weighted by Gasteiger charge is -2.05. The summed E-state index contributed by atoms with van der Waals surface area (Å²) in [4.78, 5) is 14.0. The van der Waals surface area contributed by atoms with E-state index in [1.807, 2.05) is 19.0 Å². The minimum atomic E-state index is -0.296. The first-order chi connectivity index (χ1) is 8.95. The van der Waals surface area contributed by atoms with E-state index in [1.165, 1.54) is 0 Å². The molecule has 0 aliphatic heterocycles. The molecule has 2 N–H and O–H groups in total. The van der Waals surface area contributed by atoms with Crippen molar-refractivity contribution in [3.8, 4) is 0 Å². The lowest BCUT2D eigenvalue weighted by Crippen LogP contribution is -2.14. The summed E-state index contributed by atoms with van der Waals surface area (Å²) in [6, 6.07) is 1.80. The number of H-pyrrole nitrogens is 1. The third-order valence-corrected chi connectivity index (χ3v) is 2.94. The van der Waals surface area contributed by atoms with Gasteiger partial charge in [0, 0.05) is 25.9 Å². The number of aromatic nitrogens is 4. The van der Waals surface area contributed by atoms with E-state index >= 15 is 0 Å². The molecule has 0 saturated carbocycles. The number of hydrogen-bond acceptors (Lipinski definition) is 4. The lowest BCUT2D eigenvalue weighted by molar-refractivity contribution is 0.102. The van der Waals surface area contributed by atoms with Crippen LogP contribution < -0.4 is 5.32 Å². The van der Waals surface area contributed by atoms with Gasteiger partial charge < -0.3 is 10.2 Å². The van der Waals surface area contributed by atoms with Crippen molar-refractivity contribution < 1.29 is 4.79 Å². The first-order valence-electron chi connectivity index (χ1n) is 5.65. The molecular formula is C11H15BrN6O. The fourth-order valence-corrected chi connectivity index (χ4v) is 2.19. The molecule has 0 radical (unpaired) electrons. The molecule has 2 heterocycles. The summed E-state index contributed by atoms with van der Waals surface area (Å²) in [5.74, 6) is 0.190. The molecular weight excluding hydrogens is 312 g/mol. The van der Waals surface area contributed by atoms with Gasteiger partial charge >= 0.3 is 0 Å². The van der Waals surface area contributed by atoms with E-state index in [2.05, 4.69) is 36.5 Å². The summed E-state index contributed by atoms with van der Waals surface area (Å²) in [6.07, 6.45) is 1.72. The number of anilines is 1. The van der Waals surface area contributed by atoms with Crippen LogP contribution in [-0.2, 0) is 13.6 Å². The Balaban J connectivity index is 2.07. The van der Waals surface area contributed by atoms with Crippen molar-refractivity contribution in [3.05, 3.63) is 28.1 Å². The normalized spacial score (nSPS) is 11.0. The Morgan fingerprint density at radius 2 is 2.32 bits per heavy atom. The average Bonchev–Trinajstić information content (AvgIpc) is 2.84. The van der Waals surface area contributed by atoms with Crippen LogP contribution in [0.1, 0.15) is 16.2 Å². The standard InChI is InChI=1S/C11H15BrN6O/c1-17(2)5-7-4-9(15-14-7)13-11(19)10-8(12)6-18(3)16-10/h4,6H,5H2,1-3H3,(H2,13,14,15,19). The molecule has 0 aromatic carbocycles. The molecule has 0 bridgehead atoms. The molecule has 19 heavy (non-hydrogen) atoms. The number of amides is 1. The summed E-state index contributed by atoms with van der Waals surface area (Å²) in [5, 5.41) is 13.7. The molecule has 0 unspecified atom stereocenters. The minimum Gasteiger partial charge on any atom is -0.304 e. The first kappa shape index (κ1) is 13.8. The number of halogens is 1. The van der Waals surface area contributed by atoms with E-state index < -0.39 is 0 Å². The van der Waals surface area contributed by atoms with Gasteiger partial charge in [-0.1, -0.05) is 0 Å². The third kappa shape index (κ3) is 3.42. The van der Waals surface area contributed by atoms with E-state index in [1.54, 1.807) is 24.0 Å². The topological polar surface area (TPSA) is 78.8 Å². The molecule has 0 saturated heterocycles. The largest absolute Gasteiger partial charge is 0.304 e. The van der Waals surface area contributed by atoms with Gasteiger partial charge in [-0.2, -0.15) is 10.2 Å². The molecule has 102 valence electrons. The second-order valence-electron chi connectivity index (χ2n) is 4.47. The minimum absolute atomic E-state index is 0.296. The van der Waals surface area contributed by atoms with Crippen molar-refractivity contribution in [2.75, 3.05) is 19.4 Å². The number of aromatic amines is 1. The second kappa shape index (κ2) is 5.54. The van der Waals surface area contributed by atoms with Crippen LogP contribution in [0.25, 0.3) is 0 Å². The highest BCUT2D eigenvalue weighted by atomic mass is 79.9. The third-order valence-electron chi connectivity index (χ3n) is 2.36. The summed E-state index contributed by atoms with van der Waals surface area (Å²) in [6.45, 7) is 0.732. The number of hydrogen-bond donors (Lipinski definition) is 2. The van der Waals surface area contributed by atoms with Gasteiger partial charge in [-0.25, -0.2) is 0 Å².